The summed E-state index contributed by atoms with van der Waals surface area (Å²) in [7, 11) is 0. The van der Waals surface area contributed by atoms with E-state index in [2.05, 4.69) is 171 Å². The number of rotatable bonds is 3. The fourth-order valence-electron chi connectivity index (χ4n) is 9.34. The zero-order valence-corrected chi connectivity index (χ0v) is 29.9. The van der Waals surface area contributed by atoms with Gasteiger partial charge in [-0.15, -0.1) is 0 Å². The van der Waals surface area contributed by atoms with Crippen LogP contribution in [0.2, 0.25) is 0 Å². The zero-order valence-electron chi connectivity index (χ0n) is 29.9. The first-order valence-corrected chi connectivity index (χ1v) is 19.0. The molecule has 7 heteroatoms. The van der Waals surface area contributed by atoms with Gasteiger partial charge in [0.2, 0.25) is 5.78 Å². The summed E-state index contributed by atoms with van der Waals surface area (Å²) in [6.07, 6.45) is 0. The molecule has 0 amide bonds. The number of hydrogen-bond acceptors (Lipinski definition) is 3. The summed E-state index contributed by atoms with van der Waals surface area (Å²) in [6.45, 7) is -0.329. The van der Waals surface area contributed by atoms with Crippen LogP contribution in [0.15, 0.2) is 176 Å². The van der Waals surface area contributed by atoms with Gasteiger partial charge in [0.1, 0.15) is 17.2 Å². The number of benzene rings is 8. The van der Waals surface area contributed by atoms with E-state index in [0.717, 1.165) is 89.6 Å². The van der Waals surface area contributed by atoms with Gasteiger partial charge in [0.05, 0.1) is 44.5 Å². The summed E-state index contributed by atoms with van der Waals surface area (Å²) in [6, 6.07) is 62.2. The average Bonchev–Trinajstić information content (AvgIpc) is 3.90. The minimum Gasteiger partial charge on any atom is -0.551 e. The van der Waals surface area contributed by atoms with E-state index in [1.54, 1.807) is 0 Å². The van der Waals surface area contributed by atoms with Gasteiger partial charge in [-0.25, -0.2) is 4.98 Å². The predicted molar refractivity (Wildman–Crippen MR) is 227 cm³/mol. The van der Waals surface area contributed by atoms with Gasteiger partial charge in [-0.3, -0.25) is 8.97 Å². The molecule has 2 aliphatic heterocycles. The maximum Gasteiger partial charge on any atom is 0.434 e. The zero-order chi connectivity index (χ0) is 36.5. The van der Waals surface area contributed by atoms with Crippen molar-refractivity contribution >= 4 is 67.5 Å². The van der Waals surface area contributed by atoms with Crippen molar-refractivity contribution in [2.24, 2.45) is 0 Å². The maximum atomic E-state index is 7.09. The molecular formula is C49H29BN4O2. The van der Waals surface area contributed by atoms with Gasteiger partial charge in [0, 0.05) is 38.9 Å². The lowest BCUT2D eigenvalue weighted by molar-refractivity contribution is 0.479. The van der Waals surface area contributed by atoms with Crippen LogP contribution in [0.1, 0.15) is 0 Å². The Morgan fingerprint density at radius 1 is 0.464 bits per heavy atom. The van der Waals surface area contributed by atoms with Crippen molar-refractivity contribution in [2.75, 3.05) is 0 Å². The number of hydrogen-bond donors (Lipinski definition) is 0. The molecule has 2 aliphatic rings. The number of aromatic nitrogens is 4. The van der Waals surface area contributed by atoms with Crippen molar-refractivity contribution in [3.63, 3.8) is 0 Å². The summed E-state index contributed by atoms with van der Waals surface area (Å²) in [4.78, 5) is 5.14. The lowest BCUT2D eigenvalue weighted by Crippen LogP contribution is -2.53. The molecule has 0 saturated heterocycles. The molecule has 0 fully saturated rings. The first-order valence-electron chi connectivity index (χ1n) is 19.0. The third-order valence-corrected chi connectivity index (χ3v) is 11.7. The molecule has 260 valence electrons. The van der Waals surface area contributed by atoms with Gasteiger partial charge in [0.25, 0.3) is 0 Å². The molecule has 11 aromatic rings. The number of fused-ring (bicyclic) bond motifs is 12. The summed E-state index contributed by atoms with van der Waals surface area (Å²) >= 11 is 0. The van der Waals surface area contributed by atoms with Crippen LogP contribution in [0.3, 0.4) is 0 Å². The van der Waals surface area contributed by atoms with Crippen molar-refractivity contribution in [3.05, 3.63) is 176 Å². The average molecular weight is 717 g/mol. The van der Waals surface area contributed by atoms with Crippen LogP contribution < -0.4 is 20.3 Å². The second-order valence-electron chi connectivity index (χ2n) is 14.7. The van der Waals surface area contributed by atoms with E-state index in [-0.39, 0.29) is 6.92 Å². The van der Waals surface area contributed by atoms with Gasteiger partial charge in [-0.1, -0.05) is 97.1 Å². The van der Waals surface area contributed by atoms with Crippen molar-refractivity contribution in [3.8, 4) is 50.9 Å². The highest BCUT2D eigenvalue weighted by Crippen LogP contribution is 2.44. The number of imidazole rings is 2. The standard InChI is InChI=1S/C49H29BN4O2/c1-6-18-39(53-40-19-7-2-14-33(40)34-15-3-8-20-41(34)53)32(13-1)30-27-36-35-26-25-31(29-46(35)56-50-37-16-4-12-24-45(37)55-47(28-30)48(36)50)52-43-22-10-11-23-44(43)54-42-21-9-5-17-38(42)51-49(52)54/h1-29H. The summed E-state index contributed by atoms with van der Waals surface area (Å²) < 4.78 is 20.8. The second-order valence-corrected chi connectivity index (χ2v) is 14.7. The quantitative estimate of drug-likeness (QED) is 0.171. The van der Waals surface area contributed by atoms with Crippen molar-refractivity contribution in [1.82, 2.24) is 18.5 Å². The Bertz CT molecular complexity index is 3410. The van der Waals surface area contributed by atoms with Gasteiger partial charge >= 0.3 is 6.92 Å². The highest BCUT2D eigenvalue weighted by atomic mass is 16.5. The van der Waals surface area contributed by atoms with Crippen molar-refractivity contribution in [2.45, 2.75) is 0 Å². The topological polar surface area (TPSA) is 45.6 Å². The van der Waals surface area contributed by atoms with E-state index in [4.69, 9.17) is 14.4 Å². The minimum atomic E-state index is -0.329. The van der Waals surface area contributed by atoms with E-state index < -0.39 is 0 Å². The van der Waals surface area contributed by atoms with E-state index in [9.17, 15) is 0 Å². The molecule has 6 nitrogen and oxygen atoms in total. The molecule has 3 aromatic heterocycles. The maximum absolute atomic E-state index is 7.09. The first kappa shape index (κ1) is 29.9. The Balaban J connectivity index is 1.05. The lowest BCUT2D eigenvalue weighted by Gasteiger charge is -2.33. The molecule has 5 heterocycles. The monoisotopic (exact) mass is 716 g/mol. The van der Waals surface area contributed by atoms with Crippen LogP contribution in [-0.4, -0.2) is 25.4 Å². The fourth-order valence-corrected chi connectivity index (χ4v) is 9.34. The SMILES string of the molecule is c1ccc2c(c1)Oc1cc(-c3ccccc3-n3c4ccccc4c4ccccc43)cc3c1B2Oc1cc(-n2c4ccccc4n4c5ccccc5nc24)ccc1-3. The molecule has 8 aromatic carbocycles. The van der Waals surface area contributed by atoms with Crippen molar-refractivity contribution in [1.29, 1.82) is 0 Å². The summed E-state index contributed by atoms with van der Waals surface area (Å²) in [5, 5.41) is 2.47. The molecule has 0 aliphatic carbocycles. The van der Waals surface area contributed by atoms with Crippen LogP contribution in [0, 0.1) is 0 Å². The molecule has 0 unspecified atom stereocenters. The predicted octanol–water partition coefficient (Wildman–Crippen LogP) is 10.5. The second kappa shape index (κ2) is 11.0. The van der Waals surface area contributed by atoms with Crippen LogP contribution in [0.5, 0.6) is 17.2 Å². The molecular weight excluding hydrogens is 687 g/mol. The highest BCUT2D eigenvalue weighted by molar-refractivity contribution is 6.84. The first-order chi connectivity index (χ1) is 27.8. The van der Waals surface area contributed by atoms with E-state index in [1.165, 1.54) is 21.8 Å². The van der Waals surface area contributed by atoms with Crippen molar-refractivity contribution < 1.29 is 9.39 Å². The molecule has 13 rings (SSSR count). The molecule has 56 heavy (non-hydrogen) atoms. The molecule has 0 N–H and O–H groups in total. The van der Waals surface area contributed by atoms with Crippen LogP contribution in [-0.2, 0) is 0 Å². The molecule has 0 saturated carbocycles. The number of ether oxygens (including phenoxy) is 1. The Labute approximate surface area is 321 Å². The smallest absolute Gasteiger partial charge is 0.434 e. The van der Waals surface area contributed by atoms with E-state index in [1.807, 2.05) is 18.2 Å². The van der Waals surface area contributed by atoms with Gasteiger partial charge < -0.3 is 14.0 Å². The van der Waals surface area contributed by atoms with Crippen LogP contribution in [0.4, 0.5) is 0 Å². The fraction of sp³-hybridized carbons (Fsp3) is 0. The summed E-state index contributed by atoms with van der Waals surface area (Å²) in [5.74, 6) is 3.31. The molecule has 0 bridgehead atoms. The van der Waals surface area contributed by atoms with E-state index >= 15 is 0 Å². The number of para-hydroxylation sites is 8. The Hall–Kier alpha value is -7.51. The molecule has 0 spiro atoms. The molecule has 0 radical (unpaired) electrons. The normalized spacial score (nSPS) is 12.9. The number of nitrogens with zero attached hydrogens (tertiary/aromatic N) is 4. The van der Waals surface area contributed by atoms with Crippen LogP contribution in [0.25, 0.3) is 83.3 Å². The van der Waals surface area contributed by atoms with E-state index in [0.29, 0.717) is 0 Å². The van der Waals surface area contributed by atoms with Crippen LogP contribution >= 0.6 is 0 Å². The Morgan fingerprint density at radius 2 is 1.14 bits per heavy atom. The van der Waals surface area contributed by atoms with Gasteiger partial charge in [-0.2, -0.15) is 0 Å². The highest BCUT2D eigenvalue weighted by Gasteiger charge is 2.41. The third kappa shape index (κ3) is 3.98. The largest absolute Gasteiger partial charge is 0.551 e. The minimum absolute atomic E-state index is 0.329. The lowest BCUT2D eigenvalue weighted by atomic mass is 9.50. The van der Waals surface area contributed by atoms with Gasteiger partial charge in [0.15, 0.2) is 0 Å². The Morgan fingerprint density at radius 3 is 1.98 bits per heavy atom. The third-order valence-electron chi connectivity index (χ3n) is 11.7. The van der Waals surface area contributed by atoms with Gasteiger partial charge in [-0.05, 0) is 83.9 Å². The molecule has 0 atom stereocenters. The Kier molecular flexibility index (Phi) is 5.89. The summed E-state index contributed by atoms with van der Waals surface area (Å²) in [5.41, 5.74) is 15.1.